The van der Waals surface area contributed by atoms with Crippen molar-refractivity contribution < 1.29 is 13.9 Å². The molecule has 0 aliphatic carbocycles. The minimum absolute atomic E-state index is 0.128. The molecule has 9 nitrogen and oxygen atoms in total. The lowest BCUT2D eigenvalue weighted by molar-refractivity contribution is 0.0868. The topological polar surface area (TPSA) is 94.7 Å². The molecular formula is C29H32FN7O2. The first-order valence-corrected chi connectivity index (χ1v) is 13.2. The summed E-state index contributed by atoms with van der Waals surface area (Å²) in [5.74, 6) is 2.34. The van der Waals surface area contributed by atoms with Crippen LogP contribution in [0.15, 0.2) is 49.2 Å². The van der Waals surface area contributed by atoms with Crippen molar-refractivity contribution in [3.8, 4) is 5.75 Å². The van der Waals surface area contributed by atoms with Gasteiger partial charge in [-0.2, -0.15) is 4.98 Å². The Morgan fingerprint density at radius 2 is 1.95 bits per heavy atom. The van der Waals surface area contributed by atoms with E-state index in [0.717, 1.165) is 37.4 Å². The highest BCUT2D eigenvalue weighted by atomic mass is 19.1. The zero-order valence-electron chi connectivity index (χ0n) is 22.1. The second kappa shape index (κ2) is 10.2. The van der Waals surface area contributed by atoms with Gasteiger partial charge >= 0.3 is 0 Å². The van der Waals surface area contributed by atoms with Crippen LogP contribution >= 0.6 is 0 Å². The maximum Gasteiger partial charge on any atom is 0.254 e. The third kappa shape index (κ3) is 4.99. The van der Waals surface area contributed by atoms with Gasteiger partial charge in [0, 0.05) is 63.2 Å². The molecule has 1 aromatic heterocycles. The molecule has 0 bridgehead atoms. The molecule has 2 fully saturated rings. The number of hydrogen-bond donors (Lipinski definition) is 3. The second-order valence-electron chi connectivity index (χ2n) is 10.5. The molecule has 1 unspecified atom stereocenters. The number of halogens is 1. The van der Waals surface area contributed by atoms with Gasteiger partial charge in [-0.1, -0.05) is 24.8 Å². The van der Waals surface area contributed by atoms with Crippen LogP contribution in [0.25, 0.3) is 6.08 Å². The fourth-order valence-corrected chi connectivity index (χ4v) is 5.85. The van der Waals surface area contributed by atoms with Crippen molar-refractivity contribution in [1.29, 1.82) is 0 Å². The highest BCUT2D eigenvalue weighted by molar-refractivity contribution is 6.04. The van der Waals surface area contributed by atoms with Crippen LogP contribution in [-0.4, -0.2) is 60.4 Å². The highest BCUT2D eigenvalue weighted by Crippen LogP contribution is 2.38. The molecule has 3 aliphatic heterocycles. The molecule has 2 saturated heterocycles. The van der Waals surface area contributed by atoms with Crippen molar-refractivity contribution in [3.05, 3.63) is 65.9 Å². The van der Waals surface area contributed by atoms with Gasteiger partial charge in [-0.05, 0) is 42.6 Å². The van der Waals surface area contributed by atoms with E-state index in [4.69, 9.17) is 4.74 Å². The summed E-state index contributed by atoms with van der Waals surface area (Å²) < 4.78 is 19.6. The van der Waals surface area contributed by atoms with Crippen molar-refractivity contribution in [1.82, 2.24) is 20.2 Å². The van der Waals surface area contributed by atoms with E-state index >= 15 is 0 Å². The second-order valence-corrected chi connectivity index (χ2v) is 10.5. The zero-order valence-corrected chi connectivity index (χ0v) is 22.1. The molecule has 1 amide bonds. The van der Waals surface area contributed by atoms with Gasteiger partial charge in [0.05, 0.1) is 16.9 Å². The van der Waals surface area contributed by atoms with Crippen LogP contribution in [-0.2, 0) is 6.54 Å². The van der Waals surface area contributed by atoms with E-state index in [1.165, 1.54) is 6.92 Å². The number of anilines is 5. The number of carbonyl (C=O) groups is 1. The van der Waals surface area contributed by atoms with Gasteiger partial charge in [0.25, 0.3) is 5.91 Å². The molecule has 39 heavy (non-hydrogen) atoms. The minimum Gasteiger partial charge on any atom is -0.458 e. The lowest BCUT2D eigenvalue weighted by Gasteiger charge is -2.23. The predicted molar refractivity (Wildman–Crippen MR) is 151 cm³/mol. The van der Waals surface area contributed by atoms with Gasteiger partial charge in [-0.15, -0.1) is 0 Å². The maximum atomic E-state index is 14.0. The van der Waals surface area contributed by atoms with Crippen LogP contribution in [0.1, 0.15) is 28.4 Å². The number of alkyl halides is 1. The van der Waals surface area contributed by atoms with Crippen LogP contribution in [0, 0.1) is 11.8 Å². The van der Waals surface area contributed by atoms with E-state index < -0.39 is 6.36 Å². The largest absolute Gasteiger partial charge is 0.458 e. The SMILES string of the molecule is C=Cc1cnc(Nc2ccc(N3C[C@H]4CN(C)C[C@H]4C3)cc2OC(C)F)nc1Nc1cccc2c1C(=O)NC2. The summed E-state index contributed by atoms with van der Waals surface area (Å²) in [7, 11) is 2.17. The monoisotopic (exact) mass is 529 g/mol. The first kappa shape index (κ1) is 25.1. The van der Waals surface area contributed by atoms with Gasteiger partial charge in [-0.3, -0.25) is 4.79 Å². The van der Waals surface area contributed by atoms with E-state index in [0.29, 0.717) is 58.4 Å². The maximum absolute atomic E-state index is 14.0. The van der Waals surface area contributed by atoms with E-state index in [-0.39, 0.29) is 5.91 Å². The molecule has 3 atom stereocenters. The zero-order chi connectivity index (χ0) is 27.1. The van der Waals surface area contributed by atoms with E-state index in [1.54, 1.807) is 12.3 Å². The third-order valence-electron chi connectivity index (χ3n) is 7.64. The van der Waals surface area contributed by atoms with Crippen LogP contribution < -0.4 is 25.6 Å². The Bertz CT molecular complexity index is 1410. The lowest BCUT2D eigenvalue weighted by atomic mass is 10.0. The van der Waals surface area contributed by atoms with Gasteiger partial charge in [0.2, 0.25) is 12.3 Å². The number of hydrogen-bond acceptors (Lipinski definition) is 8. The van der Waals surface area contributed by atoms with E-state index in [2.05, 4.69) is 49.3 Å². The molecule has 3 aliphatic rings. The summed E-state index contributed by atoms with van der Waals surface area (Å²) in [6.45, 7) is 9.90. The van der Waals surface area contributed by atoms with Crippen molar-refractivity contribution in [3.63, 3.8) is 0 Å². The average Bonchev–Trinajstić information content (AvgIpc) is 3.58. The van der Waals surface area contributed by atoms with Crippen LogP contribution in [0.2, 0.25) is 0 Å². The number of amides is 1. The molecule has 202 valence electrons. The Kier molecular flexibility index (Phi) is 6.56. The number of fused-ring (bicyclic) bond motifs is 2. The summed E-state index contributed by atoms with van der Waals surface area (Å²) in [6.07, 6.45) is 1.80. The molecule has 3 N–H and O–H groups in total. The number of nitrogens with zero attached hydrogens (tertiary/aromatic N) is 4. The van der Waals surface area contributed by atoms with Gasteiger partial charge in [0.1, 0.15) is 11.6 Å². The molecule has 0 radical (unpaired) electrons. The van der Waals surface area contributed by atoms with Gasteiger partial charge in [-0.25, -0.2) is 9.37 Å². The summed E-state index contributed by atoms with van der Waals surface area (Å²) in [4.78, 5) is 26.2. The Morgan fingerprint density at radius 1 is 1.15 bits per heavy atom. The first-order chi connectivity index (χ1) is 18.9. The number of rotatable bonds is 8. The molecule has 3 aromatic rings. The summed E-state index contributed by atoms with van der Waals surface area (Å²) in [6, 6.07) is 11.4. The molecule has 6 rings (SSSR count). The fourth-order valence-electron chi connectivity index (χ4n) is 5.85. The lowest BCUT2D eigenvalue weighted by Crippen LogP contribution is -2.26. The molecule has 4 heterocycles. The van der Waals surface area contributed by atoms with E-state index in [1.807, 2.05) is 36.4 Å². The van der Waals surface area contributed by atoms with Crippen molar-refractivity contribution in [2.45, 2.75) is 19.8 Å². The molecule has 0 spiro atoms. The fraction of sp³-hybridized carbons (Fsp3) is 0.345. The number of ether oxygens (including phenoxy) is 1. The minimum atomic E-state index is -1.49. The normalized spacial score (nSPS) is 20.8. The molecule has 10 heteroatoms. The standard InChI is InChI=1S/C29H32FN7O2/c1-4-18-11-32-29(35-27(18)33-24-7-5-6-19-12-31-28(38)26(19)24)34-23-9-8-22(10-25(23)39-17(2)30)37-15-20-13-36(3)14-21(20)16-37/h4-11,17,20-21H,1,12-16H2,2-3H3,(H,31,38)(H2,32,33,34,35)/t17?,20-,21+. The summed E-state index contributed by atoms with van der Waals surface area (Å²) in [5, 5.41) is 9.31. The predicted octanol–water partition coefficient (Wildman–Crippen LogP) is 4.54. The van der Waals surface area contributed by atoms with Crippen LogP contribution in [0.4, 0.5) is 33.2 Å². The first-order valence-electron chi connectivity index (χ1n) is 13.2. The Morgan fingerprint density at radius 3 is 2.69 bits per heavy atom. The number of nitrogens with one attached hydrogen (secondary N) is 3. The summed E-state index contributed by atoms with van der Waals surface area (Å²) >= 11 is 0. The smallest absolute Gasteiger partial charge is 0.254 e. The van der Waals surface area contributed by atoms with Crippen LogP contribution in [0.3, 0.4) is 0 Å². The van der Waals surface area contributed by atoms with Gasteiger partial charge < -0.3 is 30.5 Å². The quantitative estimate of drug-likeness (QED) is 0.392. The van der Waals surface area contributed by atoms with Crippen molar-refractivity contribution in [2.75, 3.05) is 48.8 Å². The third-order valence-corrected chi connectivity index (χ3v) is 7.64. The Labute approximate surface area is 227 Å². The summed E-state index contributed by atoms with van der Waals surface area (Å²) in [5.41, 5.74) is 4.41. The number of benzene rings is 2. The van der Waals surface area contributed by atoms with Gasteiger partial charge in [0.15, 0.2) is 0 Å². The molecule has 0 saturated carbocycles. The van der Waals surface area contributed by atoms with Crippen molar-refractivity contribution in [2.24, 2.45) is 11.8 Å². The number of aromatic nitrogens is 2. The average molecular weight is 530 g/mol. The Hall–Kier alpha value is -4.18. The Balaban J connectivity index is 1.26. The molecule has 2 aromatic carbocycles. The van der Waals surface area contributed by atoms with Crippen LogP contribution in [0.5, 0.6) is 5.75 Å². The van der Waals surface area contributed by atoms with E-state index in [9.17, 15) is 9.18 Å². The van der Waals surface area contributed by atoms with Crippen molar-refractivity contribution >= 4 is 40.8 Å². The number of likely N-dealkylation sites (tertiary alicyclic amines) is 1. The highest BCUT2D eigenvalue weighted by Gasteiger charge is 2.38. The molecular weight excluding hydrogens is 497 g/mol. The number of carbonyl (C=O) groups excluding carboxylic acids is 1.